The quantitative estimate of drug-likeness (QED) is 0.866. The molecule has 2 rings (SSSR count). The molecule has 1 unspecified atom stereocenters. The second-order valence-electron chi connectivity index (χ2n) is 6.75. The van der Waals surface area contributed by atoms with Crippen LogP contribution in [-0.4, -0.2) is 6.04 Å². The summed E-state index contributed by atoms with van der Waals surface area (Å²) in [4.78, 5) is 0. The Balaban J connectivity index is 1.98. The van der Waals surface area contributed by atoms with Crippen LogP contribution in [0.4, 0.5) is 0 Å². The number of hydrogen-bond donors (Lipinski definition) is 1. The SMILES string of the molecule is CC(C)(C)c1ccc(CC(N)Cc2cccc(Cl)c2)cc1. The zero-order chi connectivity index (χ0) is 15.5. The van der Waals surface area contributed by atoms with Gasteiger partial charge in [-0.25, -0.2) is 0 Å². The van der Waals surface area contributed by atoms with Gasteiger partial charge in [0.2, 0.25) is 0 Å². The molecule has 2 N–H and O–H groups in total. The normalized spacial score (nSPS) is 13.2. The van der Waals surface area contributed by atoms with Gasteiger partial charge in [-0.15, -0.1) is 0 Å². The van der Waals surface area contributed by atoms with Crippen molar-refractivity contribution in [2.24, 2.45) is 5.73 Å². The topological polar surface area (TPSA) is 26.0 Å². The third-order valence-electron chi connectivity index (χ3n) is 3.70. The third-order valence-corrected chi connectivity index (χ3v) is 3.94. The molecule has 0 spiro atoms. The summed E-state index contributed by atoms with van der Waals surface area (Å²) in [7, 11) is 0. The highest BCUT2D eigenvalue weighted by Crippen LogP contribution is 2.22. The molecule has 0 aliphatic rings. The van der Waals surface area contributed by atoms with E-state index < -0.39 is 0 Å². The van der Waals surface area contributed by atoms with Gasteiger partial charge in [0, 0.05) is 11.1 Å². The fraction of sp³-hybridized carbons (Fsp3) is 0.368. The first-order chi connectivity index (χ1) is 9.84. The molecule has 0 saturated carbocycles. The summed E-state index contributed by atoms with van der Waals surface area (Å²) in [6, 6.07) is 16.9. The summed E-state index contributed by atoms with van der Waals surface area (Å²) >= 11 is 6.01. The summed E-state index contributed by atoms with van der Waals surface area (Å²) in [6.45, 7) is 6.69. The maximum absolute atomic E-state index is 6.27. The highest BCUT2D eigenvalue weighted by molar-refractivity contribution is 6.30. The average molecular weight is 302 g/mol. The van der Waals surface area contributed by atoms with Crippen molar-refractivity contribution in [1.29, 1.82) is 0 Å². The molecule has 0 amide bonds. The second kappa shape index (κ2) is 6.64. The van der Waals surface area contributed by atoms with Crippen LogP contribution >= 0.6 is 11.6 Å². The molecule has 0 aliphatic carbocycles. The summed E-state index contributed by atoms with van der Waals surface area (Å²) in [5.74, 6) is 0. The number of hydrogen-bond acceptors (Lipinski definition) is 1. The maximum atomic E-state index is 6.27. The smallest absolute Gasteiger partial charge is 0.0408 e. The van der Waals surface area contributed by atoms with E-state index in [9.17, 15) is 0 Å². The monoisotopic (exact) mass is 301 g/mol. The predicted molar refractivity (Wildman–Crippen MR) is 92.0 cm³/mol. The lowest BCUT2D eigenvalue weighted by atomic mass is 9.86. The standard InChI is InChI=1S/C19H24ClN/c1-19(2,3)16-9-7-14(8-10-16)12-18(21)13-15-5-4-6-17(20)11-15/h4-11,18H,12-13,21H2,1-3H3. The third kappa shape index (κ3) is 4.87. The average Bonchev–Trinajstić information content (AvgIpc) is 2.38. The van der Waals surface area contributed by atoms with E-state index in [1.54, 1.807) is 0 Å². The molecular formula is C19H24ClN. The maximum Gasteiger partial charge on any atom is 0.0408 e. The van der Waals surface area contributed by atoms with E-state index in [0.29, 0.717) is 0 Å². The molecule has 0 aromatic heterocycles. The van der Waals surface area contributed by atoms with E-state index in [0.717, 1.165) is 17.9 Å². The van der Waals surface area contributed by atoms with Gasteiger partial charge >= 0.3 is 0 Å². The molecule has 112 valence electrons. The van der Waals surface area contributed by atoms with Gasteiger partial charge in [0.05, 0.1) is 0 Å². The van der Waals surface area contributed by atoms with Gasteiger partial charge in [-0.3, -0.25) is 0 Å². The van der Waals surface area contributed by atoms with Crippen LogP contribution in [0.25, 0.3) is 0 Å². The molecule has 0 heterocycles. The van der Waals surface area contributed by atoms with Crippen LogP contribution in [0.5, 0.6) is 0 Å². The van der Waals surface area contributed by atoms with E-state index in [4.69, 9.17) is 17.3 Å². The van der Waals surface area contributed by atoms with Crippen molar-refractivity contribution in [2.75, 3.05) is 0 Å². The van der Waals surface area contributed by atoms with Crippen molar-refractivity contribution in [3.63, 3.8) is 0 Å². The first-order valence-electron chi connectivity index (χ1n) is 7.44. The molecule has 0 bridgehead atoms. The van der Waals surface area contributed by atoms with Gasteiger partial charge in [-0.2, -0.15) is 0 Å². The van der Waals surface area contributed by atoms with Crippen LogP contribution in [0, 0.1) is 0 Å². The molecule has 2 heteroatoms. The molecule has 1 nitrogen and oxygen atoms in total. The van der Waals surface area contributed by atoms with E-state index in [2.05, 4.69) is 51.1 Å². The van der Waals surface area contributed by atoms with E-state index in [1.165, 1.54) is 16.7 Å². The summed E-state index contributed by atoms with van der Waals surface area (Å²) in [6.07, 6.45) is 1.73. The summed E-state index contributed by atoms with van der Waals surface area (Å²) in [5, 5.41) is 0.772. The van der Waals surface area contributed by atoms with Crippen LogP contribution in [0.3, 0.4) is 0 Å². The van der Waals surface area contributed by atoms with E-state index in [-0.39, 0.29) is 11.5 Å². The van der Waals surface area contributed by atoms with Crippen molar-refractivity contribution in [3.8, 4) is 0 Å². The Labute approximate surface area is 133 Å². The van der Waals surface area contributed by atoms with Gasteiger partial charge < -0.3 is 5.73 Å². The number of rotatable bonds is 4. The minimum absolute atomic E-state index is 0.115. The van der Waals surface area contributed by atoms with Crippen molar-refractivity contribution in [3.05, 3.63) is 70.2 Å². The Kier molecular flexibility index (Phi) is 5.08. The number of benzene rings is 2. The second-order valence-corrected chi connectivity index (χ2v) is 7.18. The molecule has 0 aliphatic heterocycles. The number of nitrogens with two attached hydrogens (primary N) is 1. The lowest BCUT2D eigenvalue weighted by Gasteiger charge is -2.19. The molecule has 2 aromatic carbocycles. The fourth-order valence-corrected chi connectivity index (χ4v) is 2.70. The molecule has 0 radical (unpaired) electrons. The van der Waals surface area contributed by atoms with E-state index in [1.807, 2.05) is 18.2 Å². The molecular weight excluding hydrogens is 278 g/mol. The Hall–Kier alpha value is -1.31. The van der Waals surface area contributed by atoms with Crippen LogP contribution < -0.4 is 5.73 Å². The van der Waals surface area contributed by atoms with Gasteiger partial charge in [-0.05, 0) is 47.1 Å². The lowest BCUT2D eigenvalue weighted by Crippen LogP contribution is -2.25. The number of halogens is 1. The molecule has 0 fully saturated rings. The van der Waals surface area contributed by atoms with Crippen LogP contribution in [0.15, 0.2) is 48.5 Å². The Morgan fingerprint density at radius 1 is 0.952 bits per heavy atom. The van der Waals surface area contributed by atoms with Crippen molar-refractivity contribution >= 4 is 11.6 Å². The van der Waals surface area contributed by atoms with Gasteiger partial charge in [0.25, 0.3) is 0 Å². The Morgan fingerprint density at radius 3 is 2.14 bits per heavy atom. The fourth-order valence-electron chi connectivity index (χ4n) is 2.48. The highest BCUT2D eigenvalue weighted by atomic mass is 35.5. The molecule has 2 aromatic rings. The van der Waals surface area contributed by atoms with E-state index >= 15 is 0 Å². The first kappa shape index (κ1) is 16.1. The highest BCUT2D eigenvalue weighted by Gasteiger charge is 2.13. The molecule has 1 atom stereocenters. The van der Waals surface area contributed by atoms with Crippen molar-refractivity contribution in [2.45, 2.75) is 45.1 Å². The molecule has 21 heavy (non-hydrogen) atoms. The lowest BCUT2D eigenvalue weighted by molar-refractivity contribution is 0.589. The first-order valence-corrected chi connectivity index (χ1v) is 7.82. The van der Waals surface area contributed by atoms with Crippen LogP contribution in [-0.2, 0) is 18.3 Å². The van der Waals surface area contributed by atoms with Gasteiger partial charge in [-0.1, -0.05) is 68.8 Å². The zero-order valence-electron chi connectivity index (χ0n) is 13.1. The summed E-state index contributed by atoms with van der Waals surface area (Å²) in [5.41, 5.74) is 10.3. The molecule has 0 saturated heterocycles. The minimum atomic E-state index is 0.115. The summed E-state index contributed by atoms with van der Waals surface area (Å²) < 4.78 is 0. The predicted octanol–water partition coefficient (Wildman–Crippen LogP) is 4.75. The minimum Gasteiger partial charge on any atom is -0.327 e. The van der Waals surface area contributed by atoms with Crippen LogP contribution in [0.1, 0.15) is 37.5 Å². The Bertz CT molecular complexity index is 581. The van der Waals surface area contributed by atoms with Crippen molar-refractivity contribution in [1.82, 2.24) is 0 Å². The largest absolute Gasteiger partial charge is 0.327 e. The van der Waals surface area contributed by atoms with Crippen molar-refractivity contribution < 1.29 is 0 Å². The Morgan fingerprint density at radius 2 is 1.57 bits per heavy atom. The van der Waals surface area contributed by atoms with Gasteiger partial charge in [0.1, 0.15) is 0 Å². The van der Waals surface area contributed by atoms with Crippen LogP contribution in [0.2, 0.25) is 5.02 Å². The van der Waals surface area contributed by atoms with Gasteiger partial charge in [0.15, 0.2) is 0 Å². The zero-order valence-corrected chi connectivity index (χ0v) is 13.8.